The van der Waals surface area contributed by atoms with E-state index in [0.29, 0.717) is 19.4 Å². The van der Waals surface area contributed by atoms with Crippen molar-refractivity contribution in [1.29, 1.82) is 5.26 Å². The number of fused-ring (bicyclic) bond motifs is 1. The highest BCUT2D eigenvalue weighted by Gasteiger charge is 2.13. The number of aromatic nitrogens is 1. The minimum atomic E-state index is -0.128. The van der Waals surface area contributed by atoms with Crippen LogP contribution < -0.4 is 0 Å². The van der Waals surface area contributed by atoms with E-state index in [1.165, 1.54) is 5.39 Å². The van der Waals surface area contributed by atoms with Crippen LogP contribution in [-0.4, -0.2) is 29.4 Å². The fraction of sp³-hybridized carbons (Fsp3) is 0.375. The van der Waals surface area contributed by atoms with Crippen molar-refractivity contribution in [3.63, 3.8) is 0 Å². The van der Waals surface area contributed by atoms with Gasteiger partial charge < -0.3 is 9.88 Å². The number of hydrogen-bond acceptors (Lipinski definition) is 2. The highest BCUT2D eigenvalue weighted by atomic mass is 16.2. The van der Waals surface area contributed by atoms with Gasteiger partial charge in [-0.15, -0.1) is 0 Å². The number of rotatable bonds is 5. The molecular weight excluding hydrogens is 250 g/mol. The molecule has 4 nitrogen and oxygen atoms in total. The van der Waals surface area contributed by atoms with E-state index in [2.05, 4.69) is 17.1 Å². The Hall–Kier alpha value is -2.28. The normalized spacial score (nSPS) is 12.1. The Labute approximate surface area is 119 Å². The van der Waals surface area contributed by atoms with Crippen molar-refractivity contribution in [3.8, 4) is 6.07 Å². The summed E-state index contributed by atoms with van der Waals surface area (Å²) in [5.74, 6) is -0.0468. The first kappa shape index (κ1) is 14.1. The first-order chi connectivity index (χ1) is 9.61. The van der Waals surface area contributed by atoms with Crippen LogP contribution in [0.3, 0.4) is 0 Å². The molecule has 1 aromatic heterocycles. The lowest BCUT2D eigenvalue weighted by Gasteiger charge is -2.18. The Morgan fingerprint density at radius 2 is 2.20 bits per heavy atom. The summed E-state index contributed by atoms with van der Waals surface area (Å²) in [4.78, 5) is 16.9. The minimum absolute atomic E-state index is 0.0809. The Balaban J connectivity index is 1.95. The molecule has 2 rings (SSSR count). The van der Waals surface area contributed by atoms with Gasteiger partial charge in [-0.25, -0.2) is 0 Å². The molecular formula is C16H19N3O. The van der Waals surface area contributed by atoms with Crippen LogP contribution in [0.4, 0.5) is 0 Å². The van der Waals surface area contributed by atoms with Gasteiger partial charge in [-0.05, 0) is 25.0 Å². The molecule has 104 valence electrons. The fourth-order valence-electron chi connectivity index (χ4n) is 2.32. The summed E-state index contributed by atoms with van der Waals surface area (Å²) in [5.41, 5.74) is 2.26. The van der Waals surface area contributed by atoms with Gasteiger partial charge in [0.25, 0.3) is 0 Å². The number of nitrogens with one attached hydrogen (secondary N) is 1. The zero-order valence-corrected chi connectivity index (χ0v) is 11.9. The van der Waals surface area contributed by atoms with E-state index in [1.807, 2.05) is 31.3 Å². The van der Waals surface area contributed by atoms with Crippen LogP contribution in [0.15, 0.2) is 30.5 Å². The number of para-hydroxylation sites is 1. The summed E-state index contributed by atoms with van der Waals surface area (Å²) in [6.07, 6.45) is 3.15. The van der Waals surface area contributed by atoms with Gasteiger partial charge in [0.15, 0.2) is 0 Å². The van der Waals surface area contributed by atoms with Crippen LogP contribution in [0.25, 0.3) is 10.9 Å². The molecule has 0 radical (unpaired) electrons. The summed E-state index contributed by atoms with van der Waals surface area (Å²) < 4.78 is 0. The van der Waals surface area contributed by atoms with Gasteiger partial charge in [0.1, 0.15) is 0 Å². The third-order valence-corrected chi connectivity index (χ3v) is 3.48. The summed E-state index contributed by atoms with van der Waals surface area (Å²) in [6, 6.07) is 10.2. The highest BCUT2D eigenvalue weighted by Crippen LogP contribution is 2.19. The number of amides is 1. The maximum Gasteiger partial charge on any atom is 0.222 e. The molecule has 1 atom stereocenters. The second-order valence-corrected chi connectivity index (χ2v) is 5.16. The second-order valence-electron chi connectivity index (χ2n) is 5.16. The summed E-state index contributed by atoms with van der Waals surface area (Å²) in [6.45, 7) is 2.31. The quantitative estimate of drug-likeness (QED) is 0.907. The summed E-state index contributed by atoms with van der Waals surface area (Å²) in [7, 11) is 1.76. The van der Waals surface area contributed by atoms with E-state index in [-0.39, 0.29) is 11.8 Å². The molecule has 0 saturated heterocycles. The zero-order valence-electron chi connectivity index (χ0n) is 11.9. The molecule has 0 aliphatic carbocycles. The predicted molar refractivity (Wildman–Crippen MR) is 79.0 cm³/mol. The largest absolute Gasteiger partial charge is 0.361 e. The zero-order chi connectivity index (χ0) is 14.5. The first-order valence-corrected chi connectivity index (χ1v) is 6.80. The maximum atomic E-state index is 12.0. The highest BCUT2D eigenvalue weighted by molar-refractivity contribution is 5.84. The molecule has 0 saturated carbocycles. The van der Waals surface area contributed by atoms with Crippen LogP contribution in [0, 0.1) is 17.2 Å². The topological polar surface area (TPSA) is 59.9 Å². The molecule has 0 aliphatic rings. The molecule has 0 bridgehead atoms. The van der Waals surface area contributed by atoms with Crippen molar-refractivity contribution in [2.45, 2.75) is 19.8 Å². The molecule has 1 amide bonds. The maximum absolute atomic E-state index is 12.0. The number of aromatic amines is 1. The minimum Gasteiger partial charge on any atom is -0.361 e. The van der Waals surface area contributed by atoms with E-state index in [0.717, 1.165) is 11.1 Å². The average molecular weight is 269 g/mol. The van der Waals surface area contributed by atoms with E-state index < -0.39 is 0 Å². The van der Waals surface area contributed by atoms with Crippen LogP contribution >= 0.6 is 0 Å². The molecule has 0 spiro atoms. The van der Waals surface area contributed by atoms with Crippen LogP contribution in [0.2, 0.25) is 0 Å². The first-order valence-electron chi connectivity index (χ1n) is 6.80. The number of aryl methyl sites for hydroxylation is 1. The molecule has 1 heterocycles. The van der Waals surface area contributed by atoms with Gasteiger partial charge in [0.05, 0.1) is 12.0 Å². The lowest BCUT2D eigenvalue weighted by Crippen LogP contribution is -2.30. The van der Waals surface area contributed by atoms with Crippen molar-refractivity contribution >= 4 is 16.8 Å². The number of hydrogen-bond donors (Lipinski definition) is 1. The van der Waals surface area contributed by atoms with Crippen LogP contribution in [-0.2, 0) is 11.2 Å². The average Bonchev–Trinajstić information content (AvgIpc) is 2.87. The van der Waals surface area contributed by atoms with Gasteiger partial charge in [-0.2, -0.15) is 5.26 Å². The molecule has 1 aromatic carbocycles. The Kier molecular flexibility index (Phi) is 4.41. The number of carbonyl (C=O) groups excluding carboxylic acids is 1. The van der Waals surface area contributed by atoms with Crippen molar-refractivity contribution in [2.75, 3.05) is 13.6 Å². The van der Waals surface area contributed by atoms with Crippen LogP contribution in [0.5, 0.6) is 0 Å². The molecule has 1 N–H and O–H groups in total. The number of H-pyrrole nitrogens is 1. The van der Waals surface area contributed by atoms with Crippen molar-refractivity contribution < 1.29 is 4.79 Å². The molecule has 1 unspecified atom stereocenters. The molecule has 0 aliphatic heterocycles. The Bertz CT molecular complexity index is 638. The Morgan fingerprint density at radius 3 is 2.95 bits per heavy atom. The Morgan fingerprint density at radius 1 is 1.45 bits per heavy atom. The number of benzene rings is 1. The third kappa shape index (κ3) is 3.18. The lowest BCUT2D eigenvalue weighted by molar-refractivity contribution is -0.130. The molecule has 2 aromatic rings. The molecule has 0 fully saturated rings. The van der Waals surface area contributed by atoms with Crippen LogP contribution in [0.1, 0.15) is 18.9 Å². The van der Waals surface area contributed by atoms with Gasteiger partial charge in [0, 0.05) is 37.1 Å². The SMILES string of the molecule is CC(C#N)CN(C)C(=O)CCc1c[nH]c2ccccc12. The standard InChI is InChI=1S/C16H19N3O/c1-12(9-17)11-19(2)16(20)8-7-13-10-18-15-6-4-3-5-14(13)15/h3-6,10,12,18H,7-8,11H2,1-2H3. The number of nitriles is 1. The third-order valence-electron chi connectivity index (χ3n) is 3.48. The van der Waals surface area contributed by atoms with Crippen molar-refractivity contribution in [1.82, 2.24) is 9.88 Å². The fourth-order valence-corrected chi connectivity index (χ4v) is 2.32. The van der Waals surface area contributed by atoms with Gasteiger partial charge in [0.2, 0.25) is 5.91 Å². The number of carbonyl (C=O) groups is 1. The van der Waals surface area contributed by atoms with Gasteiger partial charge in [-0.3, -0.25) is 4.79 Å². The number of nitrogens with zero attached hydrogens (tertiary/aromatic N) is 2. The van der Waals surface area contributed by atoms with E-state index in [1.54, 1.807) is 11.9 Å². The van der Waals surface area contributed by atoms with E-state index in [9.17, 15) is 4.79 Å². The molecule has 4 heteroatoms. The lowest BCUT2D eigenvalue weighted by atomic mass is 10.1. The van der Waals surface area contributed by atoms with Gasteiger partial charge in [-0.1, -0.05) is 18.2 Å². The molecule has 20 heavy (non-hydrogen) atoms. The summed E-state index contributed by atoms with van der Waals surface area (Å²) >= 11 is 0. The van der Waals surface area contributed by atoms with Gasteiger partial charge >= 0.3 is 0 Å². The summed E-state index contributed by atoms with van der Waals surface area (Å²) in [5, 5.41) is 9.95. The smallest absolute Gasteiger partial charge is 0.222 e. The monoisotopic (exact) mass is 269 g/mol. The van der Waals surface area contributed by atoms with E-state index in [4.69, 9.17) is 5.26 Å². The van der Waals surface area contributed by atoms with Crippen molar-refractivity contribution in [2.24, 2.45) is 5.92 Å². The van der Waals surface area contributed by atoms with Crippen molar-refractivity contribution in [3.05, 3.63) is 36.0 Å². The second kappa shape index (κ2) is 6.25. The predicted octanol–water partition coefficient (Wildman–Crippen LogP) is 2.72. The van der Waals surface area contributed by atoms with E-state index >= 15 is 0 Å².